The molecule has 1 aliphatic heterocycles. The van der Waals surface area contributed by atoms with E-state index in [0.29, 0.717) is 11.4 Å². The van der Waals surface area contributed by atoms with E-state index in [-0.39, 0.29) is 0 Å². The second-order valence-corrected chi connectivity index (χ2v) is 4.33. The highest BCUT2D eigenvalue weighted by atomic mass is 32.2. The summed E-state index contributed by atoms with van der Waals surface area (Å²) in [5, 5.41) is 0.426. The molecule has 3 heteroatoms. The van der Waals surface area contributed by atoms with Crippen LogP contribution in [0, 0.1) is 0 Å². The first kappa shape index (κ1) is 8.20. The van der Waals surface area contributed by atoms with Crippen LogP contribution in [-0.2, 0) is 0 Å². The van der Waals surface area contributed by atoms with Crippen LogP contribution >= 0.6 is 11.8 Å². The van der Waals surface area contributed by atoms with Crippen molar-refractivity contribution >= 4 is 11.8 Å². The smallest absolute Gasteiger partial charge is 0.131 e. The molecule has 0 aliphatic carbocycles. The Bertz CT molecular complexity index is 247. The molecule has 1 aliphatic rings. The van der Waals surface area contributed by atoms with Crippen LogP contribution in [-0.4, -0.2) is 23.7 Å². The van der Waals surface area contributed by atoms with Gasteiger partial charge in [0.15, 0.2) is 0 Å². The quantitative estimate of drug-likeness (QED) is 0.665. The molecule has 1 aromatic rings. The third-order valence-electron chi connectivity index (χ3n) is 2.35. The highest BCUT2D eigenvalue weighted by Gasteiger charge is 2.30. The van der Waals surface area contributed by atoms with Gasteiger partial charge >= 0.3 is 0 Å². The van der Waals surface area contributed by atoms with E-state index in [4.69, 9.17) is 4.42 Å². The van der Waals surface area contributed by atoms with E-state index in [1.165, 1.54) is 5.75 Å². The molecule has 2 rings (SSSR count). The molecule has 0 saturated carbocycles. The summed E-state index contributed by atoms with van der Waals surface area (Å²) in [5.74, 6) is 2.27. The van der Waals surface area contributed by atoms with Gasteiger partial charge < -0.3 is 4.42 Å². The number of rotatable bonds is 1. The van der Waals surface area contributed by atoms with Crippen LogP contribution in [0.5, 0.6) is 0 Å². The summed E-state index contributed by atoms with van der Waals surface area (Å²) in [6.45, 7) is 2.25. The van der Waals surface area contributed by atoms with E-state index in [0.717, 1.165) is 5.76 Å². The molecule has 0 bridgehead atoms. The van der Waals surface area contributed by atoms with Gasteiger partial charge in [-0.1, -0.05) is 0 Å². The van der Waals surface area contributed by atoms with Crippen molar-refractivity contribution in [2.24, 2.45) is 0 Å². The zero-order valence-electron chi connectivity index (χ0n) is 7.36. The molecule has 0 N–H and O–H groups in total. The van der Waals surface area contributed by atoms with Crippen molar-refractivity contribution < 1.29 is 4.42 Å². The van der Waals surface area contributed by atoms with E-state index in [1.54, 1.807) is 6.26 Å². The van der Waals surface area contributed by atoms with E-state index in [1.807, 2.05) is 23.9 Å². The molecule has 2 heterocycles. The molecular weight excluding hydrogens is 170 g/mol. The van der Waals surface area contributed by atoms with Crippen LogP contribution in [0.15, 0.2) is 22.8 Å². The normalized spacial score (nSPS) is 31.2. The van der Waals surface area contributed by atoms with Gasteiger partial charge in [-0.15, -0.1) is 11.8 Å². The first-order chi connectivity index (χ1) is 5.79. The van der Waals surface area contributed by atoms with Crippen molar-refractivity contribution in [2.45, 2.75) is 18.3 Å². The minimum Gasteiger partial charge on any atom is -0.467 e. The number of hydrogen-bond acceptors (Lipinski definition) is 3. The maximum absolute atomic E-state index is 5.37. The summed E-state index contributed by atoms with van der Waals surface area (Å²) in [7, 11) is 2.15. The van der Waals surface area contributed by atoms with Gasteiger partial charge in [-0.25, -0.2) is 0 Å². The van der Waals surface area contributed by atoms with Crippen molar-refractivity contribution in [1.82, 2.24) is 4.90 Å². The van der Waals surface area contributed by atoms with Crippen LogP contribution in [0.25, 0.3) is 0 Å². The lowest BCUT2D eigenvalue weighted by atomic mass is 10.3. The summed E-state index contributed by atoms with van der Waals surface area (Å²) in [6.07, 6.45) is 1.74. The Morgan fingerprint density at radius 2 is 2.50 bits per heavy atom. The van der Waals surface area contributed by atoms with Crippen molar-refractivity contribution in [3.8, 4) is 0 Å². The molecule has 0 amide bonds. The standard InChI is InChI=1S/C9H13NOS/c1-7-6-12-9(10(7)2)8-4-3-5-11-8/h3-5,7,9H,6H2,1-2H3. The van der Waals surface area contributed by atoms with Gasteiger partial charge in [0.2, 0.25) is 0 Å². The fraction of sp³-hybridized carbons (Fsp3) is 0.556. The summed E-state index contributed by atoms with van der Waals surface area (Å²) >= 11 is 1.95. The molecule has 0 radical (unpaired) electrons. The van der Waals surface area contributed by atoms with E-state index in [2.05, 4.69) is 18.9 Å². The molecule has 0 aromatic carbocycles. The fourth-order valence-corrected chi connectivity index (χ4v) is 2.85. The van der Waals surface area contributed by atoms with E-state index in [9.17, 15) is 0 Å². The van der Waals surface area contributed by atoms with Crippen molar-refractivity contribution in [2.75, 3.05) is 12.8 Å². The monoisotopic (exact) mass is 183 g/mol. The first-order valence-corrected chi connectivity index (χ1v) is 5.21. The average Bonchev–Trinajstić information content (AvgIpc) is 2.64. The molecule has 66 valence electrons. The molecular formula is C9H13NOS. The molecule has 12 heavy (non-hydrogen) atoms. The Balaban J connectivity index is 2.16. The molecule has 1 saturated heterocycles. The molecule has 2 unspecified atom stereocenters. The lowest BCUT2D eigenvalue weighted by Crippen LogP contribution is -2.25. The van der Waals surface area contributed by atoms with Gasteiger partial charge in [-0.2, -0.15) is 0 Å². The maximum Gasteiger partial charge on any atom is 0.131 e. The second-order valence-electron chi connectivity index (χ2n) is 3.22. The lowest BCUT2D eigenvalue weighted by Gasteiger charge is -2.19. The summed E-state index contributed by atoms with van der Waals surface area (Å²) in [4.78, 5) is 2.35. The SMILES string of the molecule is CC1CSC(c2ccco2)N1C. The van der Waals surface area contributed by atoms with Gasteiger partial charge in [-0.3, -0.25) is 4.90 Å². The minimum atomic E-state index is 0.426. The topological polar surface area (TPSA) is 16.4 Å². The first-order valence-electron chi connectivity index (χ1n) is 4.16. The van der Waals surface area contributed by atoms with E-state index >= 15 is 0 Å². The van der Waals surface area contributed by atoms with Crippen LogP contribution in [0.2, 0.25) is 0 Å². The Labute approximate surface area is 76.9 Å². The van der Waals surface area contributed by atoms with E-state index < -0.39 is 0 Å². The molecule has 1 fully saturated rings. The number of furan rings is 1. The van der Waals surface area contributed by atoms with Gasteiger partial charge in [-0.05, 0) is 26.1 Å². The van der Waals surface area contributed by atoms with Gasteiger partial charge in [0, 0.05) is 11.8 Å². The summed E-state index contributed by atoms with van der Waals surface area (Å²) in [6, 6.07) is 4.66. The minimum absolute atomic E-state index is 0.426. The second kappa shape index (κ2) is 3.15. The molecule has 1 aromatic heterocycles. The average molecular weight is 183 g/mol. The van der Waals surface area contributed by atoms with Gasteiger partial charge in [0.05, 0.1) is 6.26 Å². The highest BCUT2D eigenvalue weighted by Crippen LogP contribution is 2.39. The van der Waals surface area contributed by atoms with Crippen molar-refractivity contribution in [3.63, 3.8) is 0 Å². The van der Waals surface area contributed by atoms with Crippen LogP contribution in [0.1, 0.15) is 18.1 Å². The summed E-state index contributed by atoms with van der Waals surface area (Å²) < 4.78 is 5.37. The largest absolute Gasteiger partial charge is 0.467 e. The Morgan fingerprint density at radius 3 is 3.00 bits per heavy atom. The van der Waals surface area contributed by atoms with Crippen LogP contribution in [0.3, 0.4) is 0 Å². The Kier molecular flexibility index (Phi) is 2.15. The summed E-state index contributed by atoms with van der Waals surface area (Å²) in [5.41, 5.74) is 0. The molecule has 2 nitrogen and oxygen atoms in total. The predicted molar refractivity (Wildman–Crippen MR) is 51.1 cm³/mol. The third-order valence-corrected chi connectivity index (χ3v) is 3.90. The highest BCUT2D eigenvalue weighted by molar-refractivity contribution is 7.99. The Morgan fingerprint density at radius 1 is 1.67 bits per heavy atom. The molecule has 2 atom stereocenters. The van der Waals surface area contributed by atoms with Crippen molar-refractivity contribution in [1.29, 1.82) is 0 Å². The van der Waals surface area contributed by atoms with Crippen LogP contribution in [0.4, 0.5) is 0 Å². The molecule has 0 spiro atoms. The lowest BCUT2D eigenvalue weighted by molar-refractivity contribution is 0.258. The predicted octanol–water partition coefficient (Wildman–Crippen LogP) is 2.35. The van der Waals surface area contributed by atoms with Gasteiger partial charge in [0.25, 0.3) is 0 Å². The fourth-order valence-electron chi connectivity index (χ4n) is 1.41. The number of hydrogen-bond donors (Lipinski definition) is 0. The zero-order chi connectivity index (χ0) is 8.55. The maximum atomic E-state index is 5.37. The Hall–Kier alpha value is -0.410. The third kappa shape index (κ3) is 1.27. The van der Waals surface area contributed by atoms with Crippen LogP contribution < -0.4 is 0 Å². The van der Waals surface area contributed by atoms with Gasteiger partial charge in [0.1, 0.15) is 11.1 Å². The number of thioether (sulfide) groups is 1. The zero-order valence-corrected chi connectivity index (χ0v) is 8.17. The van der Waals surface area contributed by atoms with Crippen molar-refractivity contribution in [3.05, 3.63) is 24.2 Å². The number of nitrogens with zero attached hydrogens (tertiary/aromatic N) is 1.